The largest absolute Gasteiger partial charge is 0.493 e. The highest BCUT2D eigenvalue weighted by molar-refractivity contribution is 5.58. The van der Waals surface area contributed by atoms with Crippen LogP contribution in [0.2, 0.25) is 0 Å². The number of rotatable bonds is 6. The molecule has 0 amide bonds. The molecule has 0 saturated heterocycles. The highest BCUT2D eigenvalue weighted by atomic mass is 16.3. The van der Waals surface area contributed by atoms with Gasteiger partial charge in [0.1, 0.15) is 11.5 Å². The van der Waals surface area contributed by atoms with Gasteiger partial charge in [-0.05, 0) is 30.5 Å². The molecular weight excluding hydrogens is 434 g/mol. The first-order valence-electron chi connectivity index (χ1n) is 10.9. The number of imidazole rings is 2. The predicted octanol–water partition coefficient (Wildman–Crippen LogP) is 0.860. The van der Waals surface area contributed by atoms with Crippen molar-refractivity contribution in [3.05, 3.63) is 87.7 Å². The summed E-state index contributed by atoms with van der Waals surface area (Å²) in [6.07, 6.45) is 10.8. The molecule has 4 heterocycles. The van der Waals surface area contributed by atoms with Crippen LogP contribution in [0.3, 0.4) is 0 Å². The molecule has 5 aromatic rings. The summed E-state index contributed by atoms with van der Waals surface area (Å²) in [6.45, 7) is 0.541. The van der Waals surface area contributed by atoms with Crippen molar-refractivity contribution in [3.8, 4) is 11.6 Å². The lowest BCUT2D eigenvalue weighted by atomic mass is 10.1. The summed E-state index contributed by atoms with van der Waals surface area (Å²) >= 11 is 0. The Labute approximate surface area is 192 Å². The molecule has 1 aliphatic carbocycles. The topological polar surface area (TPSA) is 141 Å². The van der Waals surface area contributed by atoms with Crippen LogP contribution in [0.25, 0.3) is 17.4 Å². The summed E-state index contributed by atoms with van der Waals surface area (Å²) in [4.78, 5) is 30.1. The molecule has 4 aromatic heterocycles. The van der Waals surface area contributed by atoms with E-state index >= 15 is 0 Å². The van der Waals surface area contributed by atoms with E-state index in [9.17, 15) is 9.90 Å². The van der Waals surface area contributed by atoms with Crippen LogP contribution >= 0.6 is 0 Å². The number of aromatic nitrogens is 7. The van der Waals surface area contributed by atoms with Crippen molar-refractivity contribution in [3.63, 3.8) is 0 Å². The Bertz CT molecular complexity index is 1660. The van der Waals surface area contributed by atoms with Crippen LogP contribution < -0.4 is 21.7 Å². The first-order chi connectivity index (χ1) is 16.6. The zero-order valence-corrected chi connectivity index (χ0v) is 18.0. The Morgan fingerprint density at radius 1 is 1.26 bits per heavy atom. The number of nitrogens with one attached hydrogen (secondary N) is 3. The van der Waals surface area contributed by atoms with E-state index in [0.29, 0.717) is 34.8 Å². The van der Waals surface area contributed by atoms with Crippen molar-refractivity contribution in [2.45, 2.75) is 25.4 Å². The van der Waals surface area contributed by atoms with E-state index < -0.39 is 5.69 Å². The number of nitrogens with zero attached hydrogens (tertiary/aromatic N) is 6. The van der Waals surface area contributed by atoms with Gasteiger partial charge < -0.3 is 20.0 Å². The lowest BCUT2D eigenvalue weighted by Gasteiger charge is -2.12. The van der Waals surface area contributed by atoms with Gasteiger partial charge in [-0.25, -0.2) is 14.8 Å². The molecule has 170 valence electrons. The van der Waals surface area contributed by atoms with Gasteiger partial charge in [-0.2, -0.15) is 9.61 Å². The maximum absolute atomic E-state index is 11.5. The molecule has 1 aliphatic rings. The first-order valence-corrected chi connectivity index (χ1v) is 10.9. The second-order valence-electron chi connectivity index (χ2n) is 8.13. The molecule has 0 unspecified atom stereocenters. The van der Waals surface area contributed by atoms with Gasteiger partial charge in [0.2, 0.25) is 5.88 Å². The van der Waals surface area contributed by atoms with E-state index in [2.05, 4.69) is 31.4 Å². The van der Waals surface area contributed by atoms with Crippen LogP contribution in [0, 0.1) is 0 Å². The van der Waals surface area contributed by atoms with Gasteiger partial charge in [-0.3, -0.25) is 9.98 Å². The smallest absolute Gasteiger partial charge is 0.326 e. The van der Waals surface area contributed by atoms with Gasteiger partial charge in [-0.1, -0.05) is 18.2 Å². The zero-order chi connectivity index (χ0) is 23.1. The molecule has 0 radical (unpaired) electrons. The number of anilines is 1. The van der Waals surface area contributed by atoms with Crippen molar-refractivity contribution in [2.75, 3.05) is 5.32 Å². The summed E-state index contributed by atoms with van der Waals surface area (Å²) in [5, 5.41) is 18.4. The Morgan fingerprint density at radius 2 is 2.15 bits per heavy atom. The zero-order valence-electron chi connectivity index (χ0n) is 18.0. The van der Waals surface area contributed by atoms with Crippen LogP contribution in [0.4, 0.5) is 5.82 Å². The minimum Gasteiger partial charge on any atom is -0.493 e. The fourth-order valence-electron chi connectivity index (χ4n) is 3.79. The third kappa shape index (κ3) is 3.83. The molecule has 1 fully saturated rings. The fraction of sp³-hybridized carbons (Fsp3) is 0.174. The lowest BCUT2D eigenvalue weighted by Crippen LogP contribution is -2.20. The average Bonchev–Trinajstić information content (AvgIpc) is 3.20. The first kappa shape index (κ1) is 20.0. The van der Waals surface area contributed by atoms with E-state index in [4.69, 9.17) is 9.98 Å². The van der Waals surface area contributed by atoms with E-state index in [1.807, 2.05) is 35.0 Å². The number of hydrogen-bond donors (Lipinski definition) is 4. The third-order valence-corrected chi connectivity index (χ3v) is 5.61. The fourth-order valence-corrected chi connectivity index (χ4v) is 3.79. The number of H-pyrrole nitrogens is 2. The molecule has 0 bridgehead atoms. The Kier molecular flexibility index (Phi) is 4.72. The molecular formula is C23H21N9O2. The van der Waals surface area contributed by atoms with Crippen molar-refractivity contribution in [1.29, 1.82) is 0 Å². The van der Waals surface area contributed by atoms with Crippen molar-refractivity contribution in [2.24, 2.45) is 4.99 Å². The van der Waals surface area contributed by atoms with E-state index in [-0.39, 0.29) is 11.6 Å². The second kappa shape index (κ2) is 8.03. The Morgan fingerprint density at radius 3 is 2.91 bits per heavy atom. The minimum absolute atomic E-state index is 0.238. The monoisotopic (exact) mass is 455 g/mol. The van der Waals surface area contributed by atoms with E-state index in [1.54, 1.807) is 29.3 Å². The lowest BCUT2D eigenvalue weighted by molar-refractivity contribution is 0.454. The van der Waals surface area contributed by atoms with Crippen molar-refractivity contribution >= 4 is 17.5 Å². The van der Waals surface area contributed by atoms with Gasteiger partial charge in [-0.15, -0.1) is 0 Å². The quantitative estimate of drug-likeness (QED) is 0.299. The Balaban J connectivity index is 1.41. The number of para-hydroxylation sites is 1. The standard InChI is InChI=1S/C23H21N9O2/c33-22-17(28-23(34)30-22)9-15-12-26-32-20(27-16-5-6-16)10-19(29-21(15)32)25-11-14-3-1-2-4-18(14)31-8-7-24-13-31/h1-4,7-10,12-13,16,25,33H,5-6,11H2,(H2,28,30,34)/b15-9-,27-20?. The van der Waals surface area contributed by atoms with Gasteiger partial charge in [0, 0.05) is 30.2 Å². The Hall–Kier alpha value is -4.67. The van der Waals surface area contributed by atoms with Crippen LogP contribution in [0.1, 0.15) is 24.1 Å². The predicted molar refractivity (Wildman–Crippen MR) is 124 cm³/mol. The van der Waals surface area contributed by atoms with Crippen LogP contribution in [0.15, 0.2) is 65.0 Å². The van der Waals surface area contributed by atoms with E-state index in [1.165, 1.54) is 0 Å². The summed E-state index contributed by atoms with van der Waals surface area (Å²) in [7, 11) is 0. The average molecular weight is 455 g/mol. The molecule has 4 N–H and O–H groups in total. The molecule has 0 atom stereocenters. The van der Waals surface area contributed by atoms with Gasteiger partial charge in [0.05, 0.1) is 24.3 Å². The third-order valence-electron chi connectivity index (χ3n) is 5.61. The van der Waals surface area contributed by atoms with Crippen molar-refractivity contribution in [1.82, 2.24) is 34.1 Å². The summed E-state index contributed by atoms with van der Waals surface area (Å²) < 4.78 is 3.65. The number of benzene rings is 1. The SMILES string of the molecule is O=c1[nH]c(O)c(/C=c2/cnn3c(=NC4CC4)cc(NCc4ccccc4-n4ccnc4)nc23)[nH]1. The summed E-state index contributed by atoms with van der Waals surface area (Å²) in [5.41, 5.74) is 3.14. The van der Waals surface area contributed by atoms with Crippen LogP contribution in [0.5, 0.6) is 5.88 Å². The van der Waals surface area contributed by atoms with Crippen molar-refractivity contribution < 1.29 is 5.11 Å². The van der Waals surface area contributed by atoms with Gasteiger partial charge in [0.15, 0.2) is 11.1 Å². The molecule has 11 heteroatoms. The summed E-state index contributed by atoms with van der Waals surface area (Å²) in [5.74, 6) is 0.409. The van der Waals surface area contributed by atoms with Gasteiger partial charge >= 0.3 is 5.69 Å². The molecule has 0 aliphatic heterocycles. The normalized spacial score (nSPS) is 14.8. The number of fused-ring (bicyclic) bond motifs is 1. The number of aromatic hydroxyl groups is 1. The second-order valence-corrected chi connectivity index (χ2v) is 8.13. The minimum atomic E-state index is -0.489. The molecule has 0 spiro atoms. The number of aromatic amines is 2. The molecule has 34 heavy (non-hydrogen) atoms. The van der Waals surface area contributed by atoms with Gasteiger partial charge in [0.25, 0.3) is 0 Å². The molecule has 6 rings (SSSR count). The maximum Gasteiger partial charge on any atom is 0.326 e. The molecule has 11 nitrogen and oxygen atoms in total. The highest BCUT2D eigenvalue weighted by Gasteiger charge is 2.20. The maximum atomic E-state index is 11.5. The number of hydrogen-bond acceptors (Lipinski definition) is 7. The highest BCUT2D eigenvalue weighted by Crippen LogP contribution is 2.22. The van der Waals surface area contributed by atoms with E-state index in [0.717, 1.165) is 24.1 Å². The van der Waals surface area contributed by atoms with Crippen LogP contribution in [-0.2, 0) is 6.54 Å². The molecule has 1 saturated carbocycles. The van der Waals surface area contributed by atoms with Crippen LogP contribution in [-0.4, -0.2) is 45.3 Å². The molecule has 1 aromatic carbocycles. The summed E-state index contributed by atoms with van der Waals surface area (Å²) in [6, 6.07) is 10.3.